The summed E-state index contributed by atoms with van der Waals surface area (Å²) >= 11 is 2.07. The van der Waals surface area contributed by atoms with E-state index in [-0.39, 0.29) is 0 Å². The van der Waals surface area contributed by atoms with Gasteiger partial charge in [-0.05, 0) is 33.1 Å². The molecule has 0 aromatic heterocycles. The lowest BCUT2D eigenvalue weighted by molar-refractivity contribution is 0.375. The van der Waals surface area contributed by atoms with E-state index in [1.165, 1.54) is 25.0 Å². The minimum Gasteiger partial charge on any atom is -0.357 e. The third kappa shape index (κ3) is 4.38. The van der Waals surface area contributed by atoms with Gasteiger partial charge in [-0.25, -0.2) is 0 Å². The van der Waals surface area contributed by atoms with Gasteiger partial charge in [0.25, 0.3) is 0 Å². The van der Waals surface area contributed by atoms with Crippen molar-refractivity contribution in [3.63, 3.8) is 0 Å². The summed E-state index contributed by atoms with van der Waals surface area (Å²) in [5, 5.41) is 3.45. The predicted molar refractivity (Wildman–Crippen MR) is 81.4 cm³/mol. The first kappa shape index (κ1) is 14.0. The first-order valence-corrected chi connectivity index (χ1v) is 8.26. The summed E-state index contributed by atoms with van der Waals surface area (Å²) in [5.41, 5.74) is 0. The molecule has 0 amide bonds. The lowest BCUT2D eigenvalue weighted by Gasteiger charge is -2.39. The molecule has 2 fully saturated rings. The molecule has 104 valence electrons. The van der Waals surface area contributed by atoms with Crippen LogP contribution in [0.25, 0.3) is 0 Å². The molecule has 1 aliphatic heterocycles. The summed E-state index contributed by atoms with van der Waals surface area (Å²) in [6, 6.07) is 0. The molecule has 2 rings (SSSR count). The Balaban J connectivity index is 1.89. The van der Waals surface area contributed by atoms with Crippen molar-refractivity contribution >= 4 is 17.7 Å². The molecule has 0 atom stereocenters. The second-order valence-electron chi connectivity index (χ2n) is 6.00. The van der Waals surface area contributed by atoms with Crippen LogP contribution in [0, 0.1) is 5.92 Å². The van der Waals surface area contributed by atoms with E-state index in [0.717, 1.165) is 38.1 Å². The Hall–Kier alpha value is -0.380. The predicted octanol–water partition coefficient (Wildman–Crippen LogP) is 2.58. The molecular formula is C14H27N3S. The summed E-state index contributed by atoms with van der Waals surface area (Å²) in [6.07, 6.45) is 4.14. The molecule has 0 radical (unpaired) electrons. The Kier molecular flexibility index (Phi) is 4.82. The zero-order valence-corrected chi connectivity index (χ0v) is 12.9. The average molecular weight is 269 g/mol. The Morgan fingerprint density at radius 2 is 2.22 bits per heavy atom. The van der Waals surface area contributed by atoms with Crippen LogP contribution in [-0.4, -0.2) is 47.5 Å². The first-order valence-electron chi connectivity index (χ1n) is 7.28. The van der Waals surface area contributed by atoms with Gasteiger partial charge in [0, 0.05) is 36.7 Å². The molecule has 3 nitrogen and oxygen atoms in total. The van der Waals surface area contributed by atoms with Crippen LogP contribution in [0.4, 0.5) is 0 Å². The van der Waals surface area contributed by atoms with Crippen molar-refractivity contribution in [1.29, 1.82) is 0 Å². The Bertz CT molecular complexity index is 297. The van der Waals surface area contributed by atoms with E-state index in [4.69, 9.17) is 4.99 Å². The van der Waals surface area contributed by atoms with Crippen molar-refractivity contribution < 1.29 is 0 Å². The Labute approximate surface area is 116 Å². The number of hydrogen-bond acceptors (Lipinski definition) is 2. The molecule has 4 heteroatoms. The fraction of sp³-hybridized carbons (Fsp3) is 0.929. The third-order valence-electron chi connectivity index (χ3n) is 3.56. The van der Waals surface area contributed by atoms with E-state index in [1.54, 1.807) is 0 Å². The van der Waals surface area contributed by atoms with Crippen LogP contribution < -0.4 is 5.32 Å². The number of guanidine groups is 1. The second kappa shape index (κ2) is 6.18. The van der Waals surface area contributed by atoms with Crippen LogP contribution >= 0.6 is 11.8 Å². The lowest BCUT2D eigenvalue weighted by Crippen LogP contribution is -2.51. The summed E-state index contributed by atoms with van der Waals surface area (Å²) in [4.78, 5) is 7.24. The highest BCUT2D eigenvalue weighted by Crippen LogP contribution is 2.32. The minimum absolute atomic E-state index is 0.352. The highest BCUT2D eigenvalue weighted by Gasteiger charge is 2.28. The van der Waals surface area contributed by atoms with Crippen molar-refractivity contribution in [2.45, 2.75) is 44.8 Å². The number of rotatable bonds is 4. The smallest absolute Gasteiger partial charge is 0.193 e. The van der Waals surface area contributed by atoms with Crippen LogP contribution in [0.3, 0.4) is 0 Å². The molecule has 0 aromatic rings. The second-order valence-corrected chi connectivity index (χ2v) is 7.80. The highest BCUT2D eigenvalue weighted by atomic mass is 32.2. The van der Waals surface area contributed by atoms with Gasteiger partial charge in [0.05, 0.1) is 0 Å². The zero-order valence-electron chi connectivity index (χ0n) is 12.0. The number of nitrogens with zero attached hydrogens (tertiary/aromatic N) is 2. The van der Waals surface area contributed by atoms with Crippen molar-refractivity contribution in [2.24, 2.45) is 10.9 Å². The molecule has 1 saturated carbocycles. The van der Waals surface area contributed by atoms with Gasteiger partial charge in [-0.15, -0.1) is 0 Å². The fourth-order valence-electron chi connectivity index (χ4n) is 2.38. The third-order valence-corrected chi connectivity index (χ3v) is 4.85. The van der Waals surface area contributed by atoms with Gasteiger partial charge in [-0.3, -0.25) is 4.99 Å². The van der Waals surface area contributed by atoms with Gasteiger partial charge >= 0.3 is 0 Å². The maximum Gasteiger partial charge on any atom is 0.193 e. The molecule has 1 saturated heterocycles. The van der Waals surface area contributed by atoms with Crippen LogP contribution in [-0.2, 0) is 0 Å². The number of nitrogens with one attached hydrogen (secondary N) is 1. The largest absolute Gasteiger partial charge is 0.357 e. The van der Waals surface area contributed by atoms with Gasteiger partial charge in [0.15, 0.2) is 5.96 Å². The van der Waals surface area contributed by atoms with Crippen molar-refractivity contribution in [1.82, 2.24) is 10.2 Å². The van der Waals surface area contributed by atoms with Gasteiger partial charge < -0.3 is 10.2 Å². The summed E-state index contributed by atoms with van der Waals surface area (Å²) in [7, 11) is 0. The van der Waals surface area contributed by atoms with Gasteiger partial charge in [-0.1, -0.05) is 12.8 Å². The molecule has 1 aliphatic carbocycles. The van der Waals surface area contributed by atoms with E-state index < -0.39 is 0 Å². The molecular weight excluding hydrogens is 242 g/mol. The minimum atomic E-state index is 0.352. The van der Waals surface area contributed by atoms with Crippen LogP contribution in [0.15, 0.2) is 4.99 Å². The van der Waals surface area contributed by atoms with E-state index >= 15 is 0 Å². The van der Waals surface area contributed by atoms with Crippen molar-refractivity contribution in [3.05, 3.63) is 0 Å². The molecule has 18 heavy (non-hydrogen) atoms. The first-order chi connectivity index (χ1) is 8.61. The number of thioether (sulfide) groups is 1. The molecule has 2 aliphatic rings. The van der Waals surface area contributed by atoms with Crippen LogP contribution in [0.2, 0.25) is 0 Å². The number of hydrogen-bond donors (Lipinski definition) is 1. The van der Waals surface area contributed by atoms with Crippen molar-refractivity contribution in [2.75, 3.05) is 31.9 Å². The van der Waals surface area contributed by atoms with E-state index in [2.05, 4.69) is 42.7 Å². The van der Waals surface area contributed by atoms with E-state index in [0.29, 0.717) is 4.75 Å². The van der Waals surface area contributed by atoms with E-state index in [9.17, 15) is 0 Å². The fourth-order valence-corrected chi connectivity index (χ4v) is 3.49. The maximum absolute atomic E-state index is 4.81. The molecule has 0 unspecified atom stereocenters. The SMILES string of the molecule is CCNC(=NCCC1CC1)N1CCSC(C)(C)C1. The van der Waals surface area contributed by atoms with Gasteiger partial charge in [-0.2, -0.15) is 11.8 Å². The molecule has 0 spiro atoms. The molecule has 1 heterocycles. The maximum atomic E-state index is 4.81. The average Bonchev–Trinajstić information content (AvgIpc) is 3.10. The Morgan fingerprint density at radius 1 is 1.44 bits per heavy atom. The van der Waals surface area contributed by atoms with Crippen LogP contribution in [0.5, 0.6) is 0 Å². The normalized spacial score (nSPS) is 24.2. The standard InChI is InChI=1S/C14H27N3S/c1-4-15-13(16-8-7-12-5-6-12)17-9-10-18-14(2,3)11-17/h12H,4-11H2,1-3H3,(H,15,16). The summed E-state index contributed by atoms with van der Waals surface area (Å²) in [6.45, 7) is 11.0. The van der Waals surface area contributed by atoms with Gasteiger partial charge in [0.2, 0.25) is 0 Å². The summed E-state index contributed by atoms with van der Waals surface area (Å²) in [5.74, 6) is 3.32. The lowest BCUT2D eigenvalue weighted by atomic mass is 10.2. The van der Waals surface area contributed by atoms with E-state index in [1.807, 2.05) is 0 Å². The molecule has 0 bridgehead atoms. The van der Waals surface area contributed by atoms with Crippen molar-refractivity contribution in [3.8, 4) is 0 Å². The molecule has 0 aromatic carbocycles. The molecule has 1 N–H and O–H groups in total. The number of aliphatic imine (C=N–C) groups is 1. The monoisotopic (exact) mass is 269 g/mol. The highest BCUT2D eigenvalue weighted by molar-refractivity contribution is 8.00. The van der Waals surface area contributed by atoms with Gasteiger partial charge in [0.1, 0.15) is 0 Å². The topological polar surface area (TPSA) is 27.6 Å². The van der Waals surface area contributed by atoms with Crippen LogP contribution in [0.1, 0.15) is 40.0 Å². The quantitative estimate of drug-likeness (QED) is 0.628. The zero-order chi connectivity index (χ0) is 13.0. The summed E-state index contributed by atoms with van der Waals surface area (Å²) < 4.78 is 0.352. The Morgan fingerprint density at radius 3 is 2.83 bits per heavy atom.